The minimum Gasteiger partial charge on any atom is -0.310 e. The zero-order chi connectivity index (χ0) is 18.1. The molecular weight excluding hydrogens is 337 g/mol. The molecule has 0 spiro atoms. The fourth-order valence-electron chi connectivity index (χ4n) is 3.13. The van der Waals surface area contributed by atoms with Gasteiger partial charge in [-0.1, -0.05) is 12.1 Å². The fraction of sp³-hybridized carbons (Fsp3) is 0.188. The van der Waals surface area contributed by atoms with Crippen LogP contribution in [-0.2, 0) is 20.3 Å². The molecule has 25 heavy (non-hydrogen) atoms. The molecule has 1 aromatic carbocycles. The molecule has 6 nitrogen and oxygen atoms in total. The van der Waals surface area contributed by atoms with Crippen LogP contribution in [0.4, 0.5) is 13.2 Å². The summed E-state index contributed by atoms with van der Waals surface area (Å²) in [4.78, 5) is 28.3. The summed E-state index contributed by atoms with van der Waals surface area (Å²) in [5, 5.41) is 0.0215. The molecule has 0 aliphatic carbocycles. The topological polar surface area (TPSA) is 61.3 Å². The van der Waals surface area contributed by atoms with Gasteiger partial charge in [0.1, 0.15) is 5.52 Å². The van der Waals surface area contributed by atoms with Crippen molar-refractivity contribution >= 4 is 27.5 Å². The molecule has 0 aliphatic heterocycles. The zero-order valence-electron chi connectivity index (χ0n) is 13.1. The molecule has 0 fully saturated rings. The Bertz CT molecular complexity index is 1290. The molecule has 4 aromatic rings. The number of benzene rings is 1. The van der Waals surface area contributed by atoms with Crippen molar-refractivity contribution in [3.63, 3.8) is 0 Å². The first-order chi connectivity index (χ1) is 11.7. The molecule has 0 saturated carbocycles. The van der Waals surface area contributed by atoms with Gasteiger partial charge in [0.25, 0.3) is 5.56 Å². The van der Waals surface area contributed by atoms with Gasteiger partial charge in [-0.2, -0.15) is 13.2 Å². The van der Waals surface area contributed by atoms with Gasteiger partial charge < -0.3 is 4.40 Å². The van der Waals surface area contributed by atoms with Crippen LogP contribution in [0.25, 0.3) is 27.5 Å². The number of hydrogen-bond acceptors (Lipinski definition) is 3. The smallest absolute Gasteiger partial charge is 0.310 e. The lowest BCUT2D eigenvalue weighted by Crippen LogP contribution is -2.36. The highest BCUT2D eigenvalue weighted by atomic mass is 19.4. The van der Waals surface area contributed by atoms with Gasteiger partial charge in [-0.05, 0) is 12.1 Å². The maximum absolute atomic E-state index is 13.6. The molecule has 0 radical (unpaired) electrons. The molecule has 0 aliphatic rings. The second-order valence-electron chi connectivity index (χ2n) is 5.76. The highest BCUT2D eigenvalue weighted by molar-refractivity contribution is 5.98. The number of hydrogen-bond donors (Lipinski definition) is 0. The van der Waals surface area contributed by atoms with Gasteiger partial charge in [-0.3, -0.25) is 13.9 Å². The van der Waals surface area contributed by atoms with Crippen molar-refractivity contribution in [3.8, 4) is 0 Å². The van der Waals surface area contributed by atoms with Gasteiger partial charge in [-0.15, -0.1) is 0 Å². The summed E-state index contributed by atoms with van der Waals surface area (Å²) < 4.78 is 44.0. The number of aromatic nitrogens is 4. The Labute approximate surface area is 137 Å². The Morgan fingerprint density at radius 1 is 1.00 bits per heavy atom. The Morgan fingerprint density at radius 3 is 2.36 bits per heavy atom. The Hall–Kier alpha value is -3.10. The molecule has 0 unspecified atom stereocenters. The average molecular weight is 348 g/mol. The van der Waals surface area contributed by atoms with Crippen LogP contribution in [0.2, 0.25) is 0 Å². The predicted molar refractivity (Wildman–Crippen MR) is 85.7 cm³/mol. The van der Waals surface area contributed by atoms with E-state index in [4.69, 9.17) is 0 Å². The number of nitrogens with zero attached hydrogens (tertiary/aromatic N) is 4. The van der Waals surface area contributed by atoms with E-state index in [0.717, 1.165) is 9.13 Å². The number of rotatable bonds is 0. The minimum atomic E-state index is -4.74. The standard InChI is InChI=1S/C16H11F3N4O2/c1-21-11-8(14(24)22(2)15(21)25)7-23-10-6-4-3-5-9(10)20-13(12(11)23)16(17,18)19/h3-7H,1-2H3. The highest BCUT2D eigenvalue weighted by Crippen LogP contribution is 2.35. The van der Waals surface area contributed by atoms with Crippen LogP contribution in [0, 0.1) is 0 Å². The first kappa shape index (κ1) is 15.4. The second-order valence-corrected chi connectivity index (χ2v) is 5.76. The quantitative estimate of drug-likeness (QED) is 0.489. The van der Waals surface area contributed by atoms with Crippen LogP contribution in [0.15, 0.2) is 40.1 Å². The molecule has 0 saturated heterocycles. The number of para-hydroxylation sites is 2. The maximum Gasteiger partial charge on any atom is 0.435 e. The molecule has 9 heteroatoms. The van der Waals surface area contributed by atoms with Gasteiger partial charge in [0.15, 0.2) is 5.69 Å². The van der Waals surface area contributed by atoms with Crippen molar-refractivity contribution in [3.05, 3.63) is 57.0 Å². The lowest BCUT2D eigenvalue weighted by atomic mass is 10.2. The first-order valence-corrected chi connectivity index (χ1v) is 7.28. The zero-order valence-corrected chi connectivity index (χ0v) is 13.1. The molecule has 3 aromatic heterocycles. The van der Waals surface area contributed by atoms with Crippen LogP contribution in [-0.4, -0.2) is 18.5 Å². The van der Waals surface area contributed by atoms with E-state index in [1.54, 1.807) is 18.2 Å². The van der Waals surface area contributed by atoms with E-state index in [1.807, 2.05) is 0 Å². The molecule has 0 bridgehead atoms. The summed E-state index contributed by atoms with van der Waals surface area (Å²) in [5.41, 5.74) is -2.33. The van der Waals surface area contributed by atoms with Crippen molar-refractivity contribution in [1.29, 1.82) is 0 Å². The van der Waals surface area contributed by atoms with Crippen LogP contribution in [0.3, 0.4) is 0 Å². The van der Waals surface area contributed by atoms with Crippen LogP contribution in [0.1, 0.15) is 5.69 Å². The average Bonchev–Trinajstić information content (AvgIpc) is 2.97. The lowest BCUT2D eigenvalue weighted by Gasteiger charge is -2.12. The molecule has 0 atom stereocenters. The second kappa shape index (κ2) is 4.71. The lowest BCUT2D eigenvalue weighted by molar-refractivity contribution is -0.139. The van der Waals surface area contributed by atoms with Crippen LogP contribution < -0.4 is 11.2 Å². The van der Waals surface area contributed by atoms with E-state index in [0.29, 0.717) is 5.52 Å². The third-order valence-corrected chi connectivity index (χ3v) is 4.29. The number of halogens is 3. The van der Waals surface area contributed by atoms with Gasteiger partial charge in [0.05, 0.1) is 21.9 Å². The molecule has 3 heterocycles. The molecule has 128 valence electrons. The van der Waals surface area contributed by atoms with Gasteiger partial charge in [0, 0.05) is 20.3 Å². The molecular formula is C16H11F3N4O2. The van der Waals surface area contributed by atoms with Crippen LogP contribution in [0.5, 0.6) is 0 Å². The third kappa shape index (κ3) is 1.95. The summed E-state index contributed by atoms with van der Waals surface area (Å²) in [7, 11) is 2.62. The minimum absolute atomic E-state index is 0.0215. The summed E-state index contributed by atoms with van der Waals surface area (Å²) in [5.74, 6) is 0. The Balaban J connectivity index is 2.44. The van der Waals surface area contributed by atoms with Gasteiger partial charge >= 0.3 is 11.9 Å². The number of aryl methyl sites for hydroxylation is 1. The molecule has 0 amide bonds. The largest absolute Gasteiger partial charge is 0.435 e. The van der Waals surface area contributed by atoms with E-state index in [2.05, 4.69) is 4.98 Å². The maximum atomic E-state index is 13.6. The predicted octanol–water partition coefficient (Wildman–Crippen LogP) is 2.06. The van der Waals surface area contributed by atoms with E-state index in [9.17, 15) is 22.8 Å². The SMILES string of the molecule is Cn1c(=O)c2cn3c4ccccc4nc(C(F)(F)F)c3c2n(C)c1=O. The monoisotopic (exact) mass is 348 g/mol. The number of alkyl halides is 3. The van der Waals surface area contributed by atoms with Crippen molar-refractivity contribution in [2.45, 2.75) is 6.18 Å². The summed E-state index contributed by atoms with van der Waals surface area (Å²) in [6.45, 7) is 0. The normalized spacial score (nSPS) is 12.5. The van der Waals surface area contributed by atoms with E-state index >= 15 is 0 Å². The van der Waals surface area contributed by atoms with Gasteiger partial charge in [0.2, 0.25) is 0 Å². The van der Waals surface area contributed by atoms with Crippen molar-refractivity contribution in [2.24, 2.45) is 14.1 Å². The van der Waals surface area contributed by atoms with Crippen molar-refractivity contribution in [2.75, 3.05) is 0 Å². The summed E-state index contributed by atoms with van der Waals surface area (Å²) in [6, 6.07) is 6.32. The van der Waals surface area contributed by atoms with Crippen molar-refractivity contribution in [1.82, 2.24) is 18.5 Å². The van der Waals surface area contributed by atoms with E-state index < -0.39 is 23.1 Å². The van der Waals surface area contributed by atoms with E-state index in [-0.39, 0.29) is 21.9 Å². The highest BCUT2D eigenvalue weighted by Gasteiger charge is 2.37. The summed E-state index contributed by atoms with van der Waals surface area (Å²) in [6.07, 6.45) is -3.42. The fourth-order valence-corrected chi connectivity index (χ4v) is 3.13. The molecule has 0 N–H and O–H groups in total. The third-order valence-electron chi connectivity index (χ3n) is 4.29. The summed E-state index contributed by atoms with van der Waals surface area (Å²) >= 11 is 0. The van der Waals surface area contributed by atoms with Crippen LogP contribution >= 0.6 is 0 Å². The van der Waals surface area contributed by atoms with Crippen molar-refractivity contribution < 1.29 is 13.2 Å². The molecule has 4 rings (SSSR count). The van der Waals surface area contributed by atoms with Gasteiger partial charge in [-0.25, -0.2) is 9.78 Å². The Kier molecular flexibility index (Phi) is 2.91. The Morgan fingerprint density at radius 2 is 1.68 bits per heavy atom. The van der Waals surface area contributed by atoms with E-state index in [1.165, 1.54) is 30.8 Å². The number of fused-ring (bicyclic) bond motifs is 5. The first-order valence-electron chi connectivity index (χ1n) is 7.28.